The zero-order valence-corrected chi connectivity index (χ0v) is 41.9. The van der Waals surface area contributed by atoms with E-state index in [4.69, 9.17) is 47.4 Å². The zero-order valence-electron chi connectivity index (χ0n) is 41.9. The van der Waals surface area contributed by atoms with E-state index in [2.05, 4.69) is 13.2 Å². The molecule has 0 amide bonds. The molecule has 21 nitrogen and oxygen atoms in total. The summed E-state index contributed by atoms with van der Waals surface area (Å²) in [5.41, 5.74) is 0.0438. The number of ether oxygens (including phenoxy) is 10. The molecule has 2 aliphatic carbocycles. The van der Waals surface area contributed by atoms with E-state index < -0.39 is 95.4 Å². The fraction of sp³-hybridized carbons (Fsp3) is 0.596. The average molecular weight is 1030 g/mol. The molecule has 0 aliphatic heterocycles. The van der Waals surface area contributed by atoms with Crippen LogP contribution in [0.4, 0.5) is 0 Å². The molecule has 0 N–H and O–H groups in total. The van der Waals surface area contributed by atoms with Crippen LogP contribution in [0.15, 0.2) is 43.5 Å². The van der Waals surface area contributed by atoms with Crippen LogP contribution >= 0.6 is 0 Å². The predicted molar refractivity (Wildman–Crippen MR) is 253 cm³/mol. The van der Waals surface area contributed by atoms with Crippen LogP contribution in [-0.4, -0.2) is 117 Å². The Labute approximate surface area is 424 Å². The van der Waals surface area contributed by atoms with Crippen molar-refractivity contribution in [1.29, 1.82) is 0 Å². The Bertz CT molecular complexity index is 2090. The van der Waals surface area contributed by atoms with Gasteiger partial charge in [0.25, 0.3) is 0 Å². The number of benzene rings is 1. The minimum absolute atomic E-state index is 0.00988. The Morgan fingerprint density at radius 2 is 0.849 bits per heavy atom. The second-order valence-corrected chi connectivity index (χ2v) is 17.6. The molecule has 0 saturated heterocycles. The van der Waals surface area contributed by atoms with E-state index in [1.165, 1.54) is 39.0 Å². The van der Waals surface area contributed by atoms with E-state index in [-0.39, 0.29) is 88.4 Å². The largest absolute Gasteiger partial charge is 0.466 e. The molecule has 0 heterocycles. The molecule has 0 radical (unpaired) electrons. The third kappa shape index (κ3) is 23.9. The lowest BCUT2D eigenvalue weighted by atomic mass is 9.82. The Morgan fingerprint density at radius 3 is 1.23 bits per heavy atom. The third-order valence-corrected chi connectivity index (χ3v) is 11.6. The highest BCUT2D eigenvalue weighted by Crippen LogP contribution is 2.34. The van der Waals surface area contributed by atoms with Crippen LogP contribution in [0.3, 0.4) is 0 Å². The number of esters is 10. The number of carbonyl (C=O) groups is 11. The van der Waals surface area contributed by atoms with E-state index in [1.54, 1.807) is 0 Å². The van der Waals surface area contributed by atoms with Gasteiger partial charge in [0.2, 0.25) is 0 Å². The molecular weight excluding hydrogens is 961 g/mol. The van der Waals surface area contributed by atoms with Crippen molar-refractivity contribution in [3.05, 3.63) is 49.1 Å². The lowest BCUT2D eigenvalue weighted by molar-refractivity contribution is -0.157. The molecule has 0 bridgehead atoms. The van der Waals surface area contributed by atoms with Crippen molar-refractivity contribution in [1.82, 2.24) is 0 Å². The number of unbranched alkanes of at least 4 members (excludes halogenated alkanes) is 2. The van der Waals surface area contributed by atoms with Crippen LogP contribution in [-0.2, 0) is 85.8 Å². The molecule has 402 valence electrons. The molecule has 0 aromatic heterocycles. The van der Waals surface area contributed by atoms with Crippen LogP contribution in [0.25, 0.3) is 0 Å². The molecule has 73 heavy (non-hydrogen) atoms. The summed E-state index contributed by atoms with van der Waals surface area (Å²) in [6.45, 7) is 11.0. The molecule has 2 saturated carbocycles. The van der Waals surface area contributed by atoms with Crippen LogP contribution < -0.4 is 9.47 Å². The molecule has 0 spiro atoms. The summed E-state index contributed by atoms with van der Waals surface area (Å²) in [6, 6.07) is 4.16. The normalized spacial score (nSPS) is 17.9. The third-order valence-electron chi connectivity index (χ3n) is 11.6. The molecule has 2 unspecified atom stereocenters. The Morgan fingerprint density at radius 1 is 0.493 bits per heavy atom. The smallest absolute Gasteiger partial charge is 0.330 e. The zero-order chi connectivity index (χ0) is 53.7. The molecule has 2 atom stereocenters. The van der Waals surface area contributed by atoms with Crippen molar-refractivity contribution >= 4 is 65.5 Å². The van der Waals surface area contributed by atoms with Crippen molar-refractivity contribution in [3.8, 4) is 11.5 Å². The van der Waals surface area contributed by atoms with E-state index in [9.17, 15) is 52.7 Å². The first-order chi connectivity index (χ1) is 34.9. The first-order valence-corrected chi connectivity index (χ1v) is 24.6. The van der Waals surface area contributed by atoms with Crippen molar-refractivity contribution in [2.24, 2.45) is 23.7 Å². The van der Waals surface area contributed by atoms with Gasteiger partial charge in [0.05, 0.1) is 81.3 Å². The molecule has 2 fully saturated rings. The highest BCUT2D eigenvalue weighted by atomic mass is 16.6. The van der Waals surface area contributed by atoms with E-state index in [0.717, 1.165) is 12.2 Å². The number of ketones is 1. The molecule has 3 rings (SSSR count). The van der Waals surface area contributed by atoms with Gasteiger partial charge in [-0.25, -0.2) is 9.59 Å². The van der Waals surface area contributed by atoms with Gasteiger partial charge in [-0.3, -0.25) is 43.2 Å². The quantitative estimate of drug-likeness (QED) is 0.0208. The second kappa shape index (κ2) is 32.9. The van der Waals surface area contributed by atoms with Crippen LogP contribution in [0.2, 0.25) is 0 Å². The van der Waals surface area contributed by atoms with Crippen LogP contribution in [0.5, 0.6) is 11.5 Å². The number of carbonyl (C=O) groups excluding carboxylic acids is 11. The van der Waals surface area contributed by atoms with Crippen molar-refractivity contribution in [2.75, 3.05) is 39.6 Å². The van der Waals surface area contributed by atoms with Gasteiger partial charge in [0.1, 0.15) is 36.9 Å². The molecule has 21 heteroatoms. The summed E-state index contributed by atoms with van der Waals surface area (Å²) >= 11 is 0. The number of Topliss-reactive ketones (excluding diaryl/α,β-unsaturated/α-hetero) is 1. The molecular formula is C52H68O21. The van der Waals surface area contributed by atoms with Gasteiger partial charge in [-0.2, -0.15) is 0 Å². The Balaban J connectivity index is 1.27. The lowest BCUT2D eigenvalue weighted by Gasteiger charge is -2.26. The molecule has 1 aromatic carbocycles. The highest BCUT2D eigenvalue weighted by Gasteiger charge is 2.34. The summed E-state index contributed by atoms with van der Waals surface area (Å²) in [5, 5.41) is 0. The average Bonchev–Trinajstić information content (AvgIpc) is 3.38. The molecule has 1 aromatic rings. The van der Waals surface area contributed by atoms with Gasteiger partial charge >= 0.3 is 59.7 Å². The topological polar surface area (TPSA) is 280 Å². The fourth-order valence-electron chi connectivity index (χ4n) is 7.52. The highest BCUT2D eigenvalue weighted by molar-refractivity contribution is 5.98. The maximum Gasteiger partial charge on any atom is 0.330 e. The first kappa shape index (κ1) is 60.4. The summed E-state index contributed by atoms with van der Waals surface area (Å²) < 4.78 is 52.0. The standard InChI is InChI=1S/C52H68O21/c1-6-43(54)68-31-33(3)70-47(58)24-22-45(56)64-26-8-10-28-66-49(60)36-12-16-38(17-13-36)51(62)72-40-20-21-42(41(30-40)35(5)53)73-52(63)39-18-14-37(15-19-39)50(61)67-29-11-9-27-65-46(57)23-25-48(59)71-34(4)32-69-44(55)7-2/h6-7,20-21,30,33-34,36-39H,1-2,8-19,22-29,31-32H2,3-5H3. The van der Waals surface area contributed by atoms with Gasteiger partial charge in [-0.1, -0.05) is 13.2 Å². The summed E-state index contributed by atoms with van der Waals surface area (Å²) in [5.74, 6) is -7.77. The SMILES string of the molecule is C=CC(=O)OCC(C)OC(=O)CCC(=O)OCCCCOC(=O)C1CCC(C(=O)Oc2ccc(OC(=O)C3CCC(C(=O)OCCCCOC(=O)CCC(=O)OC(C)COC(=O)C=C)CC3)c(C(C)=O)c2)CC1. The van der Waals surface area contributed by atoms with Crippen LogP contribution in [0, 0.1) is 23.7 Å². The summed E-state index contributed by atoms with van der Waals surface area (Å²) in [4.78, 5) is 134. The van der Waals surface area contributed by atoms with E-state index in [1.807, 2.05) is 0 Å². The maximum atomic E-state index is 13.2. The number of rotatable bonds is 31. The molecule has 2 aliphatic rings. The van der Waals surface area contributed by atoms with Crippen LogP contribution in [0.1, 0.15) is 134 Å². The van der Waals surface area contributed by atoms with Gasteiger partial charge in [-0.05, 0) is 116 Å². The number of hydrogen-bond acceptors (Lipinski definition) is 21. The monoisotopic (exact) mass is 1030 g/mol. The summed E-state index contributed by atoms with van der Waals surface area (Å²) in [7, 11) is 0. The minimum atomic E-state index is -0.693. The van der Waals surface area contributed by atoms with E-state index in [0.29, 0.717) is 77.0 Å². The minimum Gasteiger partial charge on any atom is -0.466 e. The maximum absolute atomic E-state index is 13.2. The number of hydrogen-bond donors (Lipinski definition) is 0. The Hall–Kier alpha value is -6.93. The second-order valence-electron chi connectivity index (χ2n) is 17.6. The van der Waals surface area contributed by atoms with Crippen molar-refractivity contribution in [3.63, 3.8) is 0 Å². The van der Waals surface area contributed by atoms with Gasteiger partial charge in [-0.15, -0.1) is 0 Å². The predicted octanol–water partition coefficient (Wildman–Crippen LogP) is 5.93. The Kier molecular flexibility index (Phi) is 27.2. The fourth-order valence-corrected chi connectivity index (χ4v) is 7.52. The first-order valence-electron chi connectivity index (χ1n) is 24.6. The van der Waals surface area contributed by atoms with Crippen molar-refractivity contribution < 1.29 is 100 Å². The van der Waals surface area contributed by atoms with Gasteiger partial charge in [0, 0.05) is 12.2 Å². The summed E-state index contributed by atoms with van der Waals surface area (Å²) in [6.07, 6.45) is 4.58. The lowest BCUT2D eigenvalue weighted by Crippen LogP contribution is -2.30. The van der Waals surface area contributed by atoms with Gasteiger partial charge < -0.3 is 47.4 Å². The van der Waals surface area contributed by atoms with Crippen molar-refractivity contribution in [2.45, 2.75) is 136 Å². The van der Waals surface area contributed by atoms with E-state index >= 15 is 0 Å². The van der Waals surface area contributed by atoms with Gasteiger partial charge in [0.15, 0.2) is 5.78 Å².